The van der Waals surface area contributed by atoms with E-state index < -0.39 is 24.3 Å². The molecule has 0 aromatic carbocycles. The van der Waals surface area contributed by atoms with Gasteiger partial charge >= 0.3 is 24.3 Å². The van der Waals surface area contributed by atoms with E-state index in [1.165, 1.54) is 19.7 Å². The van der Waals surface area contributed by atoms with Crippen molar-refractivity contribution in [2.75, 3.05) is 38.9 Å². The standard InChI is InChI=1S/2C7H8FN5.C6H4ClFN4.C5H2ClFN4.CH5N.CH4O/c2*1-9-5-4-6(12-7(8)11-5)13(2)3-10-4;1-12-2-9-3-4(7)10-6(8)11-5(3)12;6-3-2-4(9-1-8-2)11-5(7)10-3;2*1-2/h2*3H,1-2H3,(H,9,11,12);2H,1H3;1H,(H,8,9,10,11);2H2,1H3;2H,1H3. The van der Waals surface area contributed by atoms with Gasteiger partial charge in [-0.1, -0.05) is 23.2 Å². The maximum Gasteiger partial charge on any atom is 0.312 e. The molecule has 0 saturated heterocycles. The van der Waals surface area contributed by atoms with E-state index in [0.717, 1.165) is 7.11 Å². The van der Waals surface area contributed by atoms with E-state index in [0.29, 0.717) is 50.6 Å². The summed E-state index contributed by atoms with van der Waals surface area (Å²) in [4.78, 5) is 46.3. The summed E-state index contributed by atoms with van der Waals surface area (Å²) in [5.41, 5.74) is 8.12. The van der Waals surface area contributed by atoms with Crippen molar-refractivity contribution in [2.24, 2.45) is 26.9 Å². The summed E-state index contributed by atoms with van der Waals surface area (Å²) in [6.45, 7) is 0. The van der Waals surface area contributed by atoms with Gasteiger partial charge in [-0.05, 0) is 7.05 Å². The number of rotatable bonds is 2. The van der Waals surface area contributed by atoms with Gasteiger partial charge in [0.15, 0.2) is 55.6 Å². The summed E-state index contributed by atoms with van der Waals surface area (Å²) in [7, 11) is 11.0. The van der Waals surface area contributed by atoms with Crippen LogP contribution in [0.1, 0.15) is 0 Å². The molecule has 8 rings (SSSR count). The summed E-state index contributed by atoms with van der Waals surface area (Å²) >= 11 is 11.2. The van der Waals surface area contributed by atoms with Crippen molar-refractivity contribution in [3.63, 3.8) is 0 Å². The summed E-state index contributed by atoms with van der Waals surface area (Å²) in [5.74, 6) is 0.811. The lowest BCUT2D eigenvalue weighted by molar-refractivity contribution is 0.399. The average Bonchev–Trinajstić information content (AvgIpc) is 3.95. The van der Waals surface area contributed by atoms with Gasteiger partial charge in [0.25, 0.3) is 0 Å². The van der Waals surface area contributed by atoms with Crippen LogP contribution in [0.25, 0.3) is 44.7 Å². The van der Waals surface area contributed by atoms with Gasteiger partial charge in [0, 0.05) is 42.3 Å². The number of aliphatic hydroxyl groups is 1. The molecular formula is C27H31Cl2F4N19O. The van der Waals surface area contributed by atoms with Gasteiger partial charge in [0.2, 0.25) is 0 Å². The Balaban J connectivity index is 0.000000185. The SMILES string of the molecule is CN.CNc1nc(F)nc2c1ncn2C.CNc1nc(F)nc2c1ncn2C.CO.Cn1cnc2c(Cl)nc(F)nc21.Fc1nc(Cl)c2[nH]cnc2n1. The number of nitrogens with zero attached hydrogens (tertiary/aromatic N) is 15. The van der Waals surface area contributed by atoms with Crippen LogP contribution in [-0.2, 0) is 21.1 Å². The third kappa shape index (κ3) is 9.88. The number of imidazole rings is 4. The molecule has 20 nitrogen and oxygen atoms in total. The van der Waals surface area contributed by atoms with E-state index in [1.54, 1.807) is 61.6 Å². The van der Waals surface area contributed by atoms with E-state index in [9.17, 15) is 17.6 Å². The van der Waals surface area contributed by atoms with Gasteiger partial charge in [-0.3, -0.25) is 0 Å². The van der Waals surface area contributed by atoms with Crippen molar-refractivity contribution < 1.29 is 22.7 Å². The number of hydrogen-bond acceptors (Lipinski definition) is 16. The average molecular weight is 785 g/mol. The number of nitrogens with two attached hydrogens (primary N) is 1. The van der Waals surface area contributed by atoms with Gasteiger partial charge in [-0.25, -0.2) is 19.9 Å². The highest BCUT2D eigenvalue weighted by molar-refractivity contribution is 6.33. The quantitative estimate of drug-likeness (QED) is 0.0959. The van der Waals surface area contributed by atoms with Gasteiger partial charge in [-0.15, -0.1) is 0 Å². The van der Waals surface area contributed by atoms with Crippen molar-refractivity contribution >= 4 is 79.5 Å². The lowest BCUT2D eigenvalue weighted by Gasteiger charge is -1.99. The zero-order valence-corrected chi connectivity index (χ0v) is 30.3. The fourth-order valence-corrected chi connectivity index (χ4v) is 4.44. The van der Waals surface area contributed by atoms with Crippen LogP contribution in [-0.4, -0.2) is 112 Å². The number of aryl methyl sites for hydroxylation is 3. The number of aromatic amines is 1. The summed E-state index contributed by atoms with van der Waals surface area (Å²) in [5, 5.41) is 12.6. The maximum absolute atomic E-state index is 12.8. The Hall–Kier alpha value is -5.98. The number of fused-ring (bicyclic) bond motifs is 4. The van der Waals surface area contributed by atoms with E-state index in [-0.39, 0.29) is 16.0 Å². The van der Waals surface area contributed by atoms with Crippen LogP contribution in [0.5, 0.6) is 0 Å². The molecule has 0 spiro atoms. The topological polar surface area (TPSA) is 256 Å². The van der Waals surface area contributed by atoms with Crippen LogP contribution < -0.4 is 16.4 Å². The molecular weight excluding hydrogens is 753 g/mol. The molecule has 6 N–H and O–H groups in total. The minimum Gasteiger partial charge on any atom is -0.400 e. The smallest absolute Gasteiger partial charge is 0.312 e. The number of aliphatic hydroxyl groups excluding tert-OH is 1. The summed E-state index contributed by atoms with van der Waals surface area (Å²) in [6, 6.07) is 0. The van der Waals surface area contributed by atoms with E-state index >= 15 is 0 Å². The van der Waals surface area contributed by atoms with Gasteiger partial charge in [0.05, 0.1) is 25.3 Å². The molecule has 8 aromatic rings. The Morgan fingerprint density at radius 2 is 0.962 bits per heavy atom. The van der Waals surface area contributed by atoms with E-state index in [2.05, 4.69) is 81.2 Å². The van der Waals surface area contributed by atoms with Gasteiger partial charge in [-0.2, -0.15) is 57.4 Å². The first-order chi connectivity index (χ1) is 25.4. The number of hydrogen-bond donors (Lipinski definition) is 5. The zero-order chi connectivity index (χ0) is 39.4. The van der Waals surface area contributed by atoms with Crippen LogP contribution in [0.4, 0.5) is 29.2 Å². The Labute approximate surface area is 306 Å². The van der Waals surface area contributed by atoms with Crippen LogP contribution in [0.2, 0.25) is 10.3 Å². The number of aromatic nitrogens is 16. The Morgan fingerprint density at radius 3 is 1.42 bits per heavy atom. The second-order valence-electron chi connectivity index (χ2n) is 9.43. The molecule has 0 saturated carbocycles. The van der Waals surface area contributed by atoms with Crippen molar-refractivity contribution in [3.8, 4) is 0 Å². The summed E-state index contributed by atoms with van der Waals surface area (Å²) < 4.78 is 55.6. The van der Waals surface area contributed by atoms with E-state index in [1.807, 2.05) is 0 Å². The number of halogens is 6. The highest BCUT2D eigenvalue weighted by Crippen LogP contribution is 2.19. The zero-order valence-electron chi connectivity index (χ0n) is 28.8. The Kier molecular flexibility index (Phi) is 14.9. The maximum atomic E-state index is 12.8. The van der Waals surface area contributed by atoms with Crippen molar-refractivity contribution in [1.29, 1.82) is 0 Å². The molecule has 0 aliphatic heterocycles. The lowest BCUT2D eigenvalue weighted by atomic mass is 10.5. The van der Waals surface area contributed by atoms with Crippen LogP contribution in [0.15, 0.2) is 25.3 Å². The number of H-pyrrole nitrogens is 1. The third-order valence-corrected chi connectivity index (χ3v) is 6.78. The highest BCUT2D eigenvalue weighted by atomic mass is 35.5. The first-order valence-electron chi connectivity index (χ1n) is 14.5. The minimum absolute atomic E-state index is 0.0399. The van der Waals surface area contributed by atoms with Crippen molar-refractivity contribution in [1.82, 2.24) is 78.5 Å². The number of nitrogens with one attached hydrogen (secondary N) is 3. The summed E-state index contributed by atoms with van der Waals surface area (Å²) in [6.07, 6.45) is 2.82. The normalized spacial score (nSPS) is 10.2. The highest BCUT2D eigenvalue weighted by Gasteiger charge is 2.12. The van der Waals surface area contributed by atoms with Crippen LogP contribution in [0, 0.1) is 24.3 Å². The Morgan fingerprint density at radius 1 is 0.585 bits per heavy atom. The molecule has 26 heteroatoms. The predicted octanol–water partition coefficient (Wildman–Crippen LogP) is 2.57. The molecule has 53 heavy (non-hydrogen) atoms. The van der Waals surface area contributed by atoms with Gasteiger partial charge < -0.3 is 40.2 Å². The first-order valence-corrected chi connectivity index (χ1v) is 15.2. The molecule has 0 radical (unpaired) electrons. The van der Waals surface area contributed by atoms with Gasteiger partial charge in [0.1, 0.15) is 11.0 Å². The first kappa shape index (κ1) is 41.4. The third-order valence-electron chi connectivity index (χ3n) is 6.24. The van der Waals surface area contributed by atoms with Crippen LogP contribution in [0.3, 0.4) is 0 Å². The molecule has 8 heterocycles. The second kappa shape index (κ2) is 19.0. The fraction of sp³-hybridized carbons (Fsp3) is 0.259. The molecule has 0 fully saturated rings. The predicted molar refractivity (Wildman–Crippen MR) is 188 cm³/mol. The largest absolute Gasteiger partial charge is 0.400 e. The fourth-order valence-electron chi connectivity index (χ4n) is 4.03. The lowest BCUT2D eigenvalue weighted by Crippen LogP contribution is -2.00. The molecule has 0 bridgehead atoms. The molecule has 0 aliphatic rings. The van der Waals surface area contributed by atoms with Crippen LogP contribution >= 0.6 is 23.2 Å². The molecule has 8 aromatic heterocycles. The molecule has 0 aliphatic carbocycles. The van der Waals surface area contributed by atoms with Crippen molar-refractivity contribution in [2.45, 2.75) is 0 Å². The molecule has 282 valence electrons. The minimum atomic E-state index is -0.866. The molecule has 0 atom stereocenters. The number of anilines is 2. The monoisotopic (exact) mass is 783 g/mol. The second-order valence-corrected chi connectivity index (χ2v) is 10.1. The van der Waals surface area contributed by atoms with Crippen molar-refractivity contribution in [3.05, 3.63) is 59.9 Å². The Bertz CT molecular complexity index is 2330. The molecule has 0 unspecified atom stereocenters. The molecule has 0 amide bonds. The van der Waals surface area contributed by atoms with E-state index in [4.69, 9.17) is 28.3 Å².